The van der Waals surface area contributed by atoms with Gasteiger partial charge in [-0.25, -0.2) is 4.98 Å². The highest BCUT2D eigenvalue weighted by Gasteiger charge is 2.10. The largest absolute Gasteiger partial charge is 0.305 e. The second kappa shape index (κ2) is 6.30. The topological polar surface area (TPSA) is 48.0 Å². The van der Waals surface area contributed by atoms with Crippen LogP contribution in [-0.2, 0) is 5.75 Å². The van der Waals surface area contributed by atoms with Crippen LogP contribution >= 0.6 is 23.4 Å². The normalized spacial score (nSPS) is 11.2. The third kappa shape index (κ3) is 2.90. The van der Waals surface area contributed by atoms with Crippen LogP contribution in [0.15, 0.2) is 60.3 Å². The van der Waals surface area contributed by atoms with Crippen LogP contribution in [0.1, 0.15) is 11.3 Å². The Kier molecular flexibility index (Phi) is 4.00. The molecule has 0 spiro atoms. The summed E-state index contributed by atoms with van der Waals surface area (Å²) in [7, 11) is 0. The van der Waals surface area contributed by atoms with Crippen molar-refractivity contribution in [2.75, 3.05) is 0 Å². The van der Waals surface area contributed by atoms with Crippen molar-refractivity contribution in [1.29, 1.82) is 0 Å². The Hall–Kier alpha value is -2.31. The number of hydrogen-bond acceptors (Lipinski definition) is 4. The Morgan fingerprint density at radius 1 is 1.12 bits per heavy atom. The summed E-state index contributed by atoms with van der Waals surface area (Å²) in [4.78, 5) is 4.60. The van der Waals surface area contributed by atoms with Crippen LogP contribution in [0.3, 0.4) is 0 Å². The minimum Gasteiger partial charge on any atom is -0.305 e. The molecule has 0 aliphatic carbocycles. The van der Waals surface area contributed by atoms with Gasteiger partial charge in [0.25, 0.3) is 0 Å². The molecule has 0 saturated carbocycles. The SMILES string of the molecule is Cc1ccccc1-n1cnnc1SCc1cn2cc(Cl)ccc2n1. The summed E-state index contributed by atoms with van der Waals surface area (Å²) in [5, 5.41) is 9.83. The molecule has 5 nitrogen and oxygen atoms in total. The molecule has 24 heavy (non-hydrogen) atoms. The van der Waals surface area contributed by atoms with Crippen molar-refractivity contribution in [2.45, 2.75) is 17.8 Å². The molecular weight excluding hydrogens is 342 g/mol. The number of para-hydroxylation sites is 1. The van der Waals surface area contributed by atoms with Gasteiger partial charge in [0, 0.05) is 18.1 Å². The van der Waals surface area contributed by atoms with Gasteiger partial charge in [-0.1, -0.05) is 41.6 Å². The minimum atomic E-state index is 0.693. The first-order chi connectivity index (χ1) is 11.7. The molecule has 7 heteroatoms. The van der Waals surface area contributed by atoms with Crippen LogP contribution in [0.4, 0.5) is 0 Å². The Morgan fingerprint density at radius 2 is 2.00 bits per heavy atom. The number of nitrogens with zero attached hydrogens (tertiary/aromatic N) is 5. The van der Waals surface area contributed by atoms with Crippen molar-refractivity contribution >= 4 is 29.0 Å². The minimum absolute atomic E-state index is 0.693. The van der Waals surface area contributed by atoms with E-state index in [1.807, 2.05) is 45.6 Å². The van der Waals surface area contributed by atoms with Crippen molar-refractivity contribution in [2.24, 2.45) is 0 Å². The molecule has 3 aromatic heterocycles. The number of imidazole rings is 1. The predicted octanol–water partition coefficient (Wildman–Crippen LogP) is 4.17. The van der Waals surface area contributed by atoms with Crippen LogP contribution < -0.4 is 0 Å². The lowest BCUT2D eigenvalue weighted by atomic mass is 10.2. The van der Waals surface area contributed by atoms with Crippen LogP contribution in [-0.4, -0.2) is 24.1 Å². The molecule has 0 saturated heterocycles. The first-order valence-electron chi connectivity index (χ1n) is 7.43. The quantitative estimate of drug-likeness (QED) is 0.515. The summed E-state index contributed by atoms with van der Waals surface area (Å²) in [6, 6.07) is 11.9. The van der Waals surface area contributed by atoms with Crippen molar-refractivity contribution in [1.82, 2.24) is 24.1 Å². The van der Waals surface area contributed by atoms with Gasteiger partial charge in [-0.15, -0.1) is 10.2 Å². The summed E-state index contributed by atoms with van der Waals surface area (Å²) in [5.74, 6) is 0.712. The van der Waals surface area contributed by atoms with Crippen LogP contribution in [0.5, 0.6) is 0 Å². The maximum Gasteiger partial charge on any atom is 0.196 e. The highest BCUT2D eigenvalue weighted by Crippen LogP contribution is 2.25. The van der Waals surface area contributed by atoms with Gasteiger partial charge in [0.1, 0.15) is 12.0 Å². The van der Waals surface area contributed by atoms with Gasteiger partial charge in [0.05, 0.1) is 16.4 Å². The second-order valence-electron chi connectivity index (χ2n) is 5.40. The fourth-order valence-electron chi connectivity index (χ4n) is 2.55. The third-order valence-corrected chi connectivity index (χ3v) is 4.91. The van der Waals surface area contributed by atoms with Crippen molar-refractivity contribution < 1.29 is 0 Å². The van der Waals surface area contributed by atoms with E-state index >= 15 is 0 Å². The van der Waals surface area contributed by atoms with Gasteiger partial charge in [0.2, 0.25) is 0 Å². The van der Waals surface area contributed by atoms with E-state index in [9.17, 15) is 0 Å². The van der Waals surface area contributed by atoms with Crippen molar-refractivity contribution in [3.63, 3.8) is 0 Å². The molecule has 0 unspecified atom stereocenters. The van der Waals surface area contributed by atoms with E-state index in [-0.39, 0.29) is 0 Å². The predicted molar refractivity (Wildman–Crippen MR) is 95.9 cm³/mol. The van der Waals surface area contributed by atoms with E-state index in [1.165, 1.54) is 5.56 Å². The number of hydrogen-bond donors (Lipinski definition) is 0. The lowest BCUT2D eigenvalue weighted by Crippen LogP contribution is -1.97. The van der Waals surface area contributed by atoms with Crippen molar-refractivity contribution in [3.8, 4) is 5.69 Å². The molecule has 0 N–H and O–H groups in total. The maximum atomic E-state index is 6.01. The number of halogens is 1. The average Bonchev–Trinajstić information content (AvgIpc) is 3.19. The Labute approximate surface area is 148 Å². The van der Waals surface area contributed by atoms with Gasteiger partial charge >= 0.3 is 0 Å². The molecule has 4 rings (SSSR count). The molecule has 120 valence electrons. The van der Waals surface area contributed by atoms with Gasteiger partial charge in [-0.2, -0.15) is 0 Å². The molecule has 0 atom stereocenters. The molecule has 0 aliphatic rings. The average molecular weight is 356 g/mol. The van der Waals surface area contributed by atoms with Gasteiger partial charge < -0.3 is 4.40 Å². The fourth-order valence-corrected chi connectivity index (χ4v) is 3.52. The molecule has 0 aliphatic heterocycles. The van der Waals surface area contributed by atoms with E-state index < -0.39 is 0 Å². The zero-order valence-corrected chi connectivity index (χ0v) is 14.5. The molecular formula is C17H14ClN5S. The number of pyridine rings is 1. The number of benzene rings is 1. The van der Waals surface area contributed by atoms with E-state index in [0.29, 0.717) is 10.8 Å². The number of aromatic nitrogens is 5. The molecule has 4 aromatic rings. The zero-order valence-electron chi connectivity index (χ0n) is 12.9. The highest BCUT2D eigenvalue weighted by molar-refractivity contribution is 7.98. The first kappa shape index (κ1) is 15.2. The van der Waals surface area contributed by atoms with E-state index in [2.05, 4.69) is 34.2 Å². The number of rotatable bonds is 4. The van der Waals surface area contributed by atoms with Gasteiger partial charge in [-0.3, -0.25) is 4.57 Å². The summed E-state index contributed by atoms with van der Waals surface area (Å²) in [5.41, 5.74) is 4.13. The van der Waals surface area contributed by atoms with Crippen LogP contribution in [0.25, 0.3) is 11.3 Å². The van der Waals surface area contributed by atoms with E-state index in [1.54, 1.807) is 18.1 Å². The smallest absolute Gasteiger partial charge is 0.196 e. The highest BCUT2D eigenvalue weighted by atomic mass is 35.5. The third-order valence-electron chi connectivity index (χ3n) is 3.71. The second-order valence-corrected chi connectivity index (χ2v) is 6.78. The van der Waals surface area contributed by atoms with E-state index in [4.69, 9.17) is 11.6 Å². The van der Waals surface area contributed by atoms with E-state index in [0.717, 1.165) is 22.2 Å². The Balaban J connectivity index is 1.58. The Bertz CT molecular complexity index is 1010. The zero-order chi connectivity index (χ0) is 16.5. The van der Waals surface area contributed by atoms with Crippen LogP contribution in [0, 0.1) is 6.92 Å². The summed E-state index contributed by atoms with van der Waals surface area (Å²) >= 11 is 7.62. The lowest BCUT2D eigenvalue weighted by Gasteiger charge is -2.08. The lowest BCUT2D eigenvalue weighted by molar-refractivity contribution is 0.877. The molecule has 0 radical (unpaired) electrons. The summed E-state index contributed by atoms with van der Waals surface area (Å²) in [6.45, 7) is 2.08. The fraction of sp³-hybridized carbons (Fsp3) is 0.118. The number of thioether (sulfide) groups is 1. The Morgan fingerprint density at radius 3 is 2.88 bits per heavy atom. The molecule has 0 bridgehead atoms. The van der Waals surface area contributed by atoms with Gasteiger partial charge in [-0.05, 0) is 30.7 Å². The van der Waals surface area contributed by atoms with Crippen molar-refractivity contribution in [3.05, 3.63) is 71.4 Å². The molecule has 3 heterocycles. The van der Waals surface area contributed by atoms with Gasteiger partial charge in [0.15, 0.2) is 5.16 Å². The summed E-state index contributed by atoms with van der Waals surface area (Å²) < 4.78 is 3.94. The molecule has 0 fully saturated rings. The maximum absolute atomic E-state index is 6.01. The standard InChI is InChI=1S/C17H14ClN5S/c1-12-4-2-3-5-15(12)23-11-19-21-17(23)24-10-14-9-22-8-13(18)6-7-16(22)20-14/h2-9,11H,10H2,1H3. The first-order valence-corrected chi connectivity index (χ1v) is 8.79. The number of aryl methyl sites for hydroxylation is 1. The monoisotopic (exact) mass is 355 g/mol. The molecule has 1 aromatic carbocycles. The summed E-state index contributed by atoms with van der Waals surface area (Å²) in [6.07, 6.45) is 5.59. The molecule has 0 amide bonds. The van der Waals surface area contributed by atoms with Crippen LogP contribution in [0.2, 0.25) is 5.02 Å². The number of fused-ring (bicyclic) bond motifs is 1.